The van der Waals surface area contributed by atoms with Crippen LogP contribution in [0.1, 0.15) is 23.6 Å². The molecule has 1 aliphatic rings. The maximum Gasteiger partial charge on any atom is 0.264 e. The molecule has 2 amide bonds. The monoisotopic (exact) mass is 467 g/mol. The molecule has 1 fully saturated rings. The molecule has 3 aromatic rings. The van der Waals surface area contributed by atoms with Crippen molar-refractivity contribution in [1.29, 1.82) is 5.26 Å². The first-order valence-electron chi connectivity index (χ1n) is 11.2. The van der Waals surface area contributed by atoms with Crippen LogP contribution in [0.3, 0.4) is 0 Å². The molecule has 1 atom stereocenters. The summed E-state index contributed by atoms with van der Waals surface area (Å²) < 4.78 is 0. The number of hydrogen-bond acceptors (Lipinski definition) is 4. The number of aryl methyl sites for hydroxylation is 1. The summed E-state index contributed by atoms with van der Waals surface area (Å²) in [4.78, 5) is 28.0. The summed E-state index contributed by atoms with van der Waals surface area (Å²) in [6.07, 6.45) is 1.47. The lowest BCUT2D eigenvalue weighted by Crippen LogP contribution is -2.32. The number of nitriles is 1. The van der Waals surface area contributed by atoms with E-state index in [0.717, 1.165) is 17.5 Å². The number of hydrogen-bond donors (Lipinski definition) is 1. The standard InChI is InChI=1S/C28H25N3O2S/c1-2-20-13-15-21(16-14-20)17-25-27(33)31(23-11-7-4-8-12-23)28(34-25)24(18-29)26(32)30-19-22-9-5-3-6-10-22/h3-16,25H,2,17,19H2,1H3,(H,30,32). The van der Waals surface area contributed by atoms with Crippen molar-refractivity contribution in [2.75, 3.05) is 4.90 Å². The minimum Gasteiger partial charge on any atom is -0.347 e. The molecule has 0 saturated carbocycles. The highest BCUT2D eigenvalue weighted by atomic mass is 32.2. The predicted molar refractivity (Wildman–Crippen MR) is 136 cm³/mol. The Morgan fingerprint density at radius 3 is 2.18 bits per heavy atom. The molecule has 1 saturated heterocycles. The highest BCUT2D eigenvalue weighted by Gasteiger charge is 2.40. The molecule has 1 heterocycles. The Labute approximate surface area is 204 Å². The van der Waals surface area contributed by atoms with Crippen LogP contribution in [0.5, 0.6) is 0 Å². The van der Waals surface area contributed by atoms with Gasteiger partial charge >= 0.3 is 0 Å². The van der Waals surface area contributed by atoms with Gasteiger partial charge in [0.25, 0.3) is 5.91 Å². The molecule has 0 radical (unpaired) electrons. The van der Waals surface area contributed by atoms with Crippen LogP contribution >= 0.6 is 11.8 Å². The maximum absolute atomic E-state index is 13.5. The number of anilines is 1. The van der Waals surface area contributed by atoms with Crippen molar-refractivity contribution in [3.8, 4) is 6.07 Å². The van der Waals surface area contributed by atoms with E-state index in [2.05, 4.69) is 30.4 Å². The van der Waals surface area contributed by atoms with Gasteiger partial charge in [-0.3, -0.25) is 14.5 Å². The fourth-order valence-corrected chi connectivity index (χ4v) is 5.10. The molecule has 34 heavy (non-hydrogen) atoms. The predicted octanol–water partition coefficient (Wildman–Crippen LogP) is 4.99. The van der Waals surface area contributed by atoms with Crippen LogP contribution in [0.25, 0.3) is 0 Å². The number of benzene rings is 3. The minimum absolute atomic E-state index is 0.0537. The van der Waals surface area contributed by atoms with Crippen LogP contribution in [0.15, 0.2) is 95.5 Å². The Hall–Kier alpha value is -3.82. The summed E-state index contributed by atoms with van der Waals surface area (Å²) in [5, 5.41) is 12.7. The average molecular weight is 468 g/mol. The normalized spacial score (nSPS) is 16.8. The molecule has 6 heteroatoms. The van der Waals surface area contributed by atoms with Gasteiger partial charge in [-0.25, -0.2) is 0 Å². The molecule has 0 spiro atoms. The number of para-hydroxylation sites is 1. The fourth-order valence-electron chi connectivity index (χ4n) is 3.79. The Bertz CT molecular complexity index is 1230. The van der Waals surface area contributed by atoms with Gasteiger partial charge in [0, 0.05) is 12.2 Å². The summed E-state index contributed by atoms with van der Waals surface area (Å²) in [7, 11) is 0. The van der Waals surface area contributed by atoms with Crippen molar-refractivity contribution >= 4 is 29.3 Å². The Morgan fingerprint density at radius 2 is 1.56 bits per heavy atom. The van der Waals surface area contributed by atoms with E-state index in [4.69, 9.17) is 0 Å². The van der Waals surface area contributed by atoms with Gasteiger partial charge in [-0.15, -0.1) is 0 Å². The lowest BCUT2D eigenvalue weighted by atomic mass is 10.1. The Balaban J connectivity index is 1.63. The summed E-state index contributed by atoms with van der Waals surface area (Å²) in [6, 6.07) is 29.0. The Morgan fingerprint density at radius 1 is 0.941 bits per heavy atom. The molecule has 4 rings (SSSR count). The van der Waals surface area contributed by atoms with E-state index in [1.807, 2.05) is 72.8 Å². The zero-order valence-electron chi connectivity index (χ0n) is 18.9. The average Bonchev–Trinajstić information content (AvgIpc) is 3.20. The lowest BCUT2D eigenvalue weighted by Gasteiger charge is -2.18. The van der Waals surface area contributed by atoms with Crippen LogP contribution in [0.2, 0.25) is 0 Å². The van der Waals surface area contributed by atoms with Gasteiger partial charge in [0.05, 0.1) is 5.25 Å². The SMILES string of the molecule is CCc1ccc(CC2SC(=C(C#N)C(=O)NCc3ccccc3)N(c3ccccc3)C2=O)cc1. The Kier molecular flexibility index (Phi) is 7.46. The van der Waals surface area contributed by atoms with Gasteiger partial charge in [-0.05, 0) is 41.7 Å². The first kappa shape index (κ1) is 23.3. The molecule has 1 aliphatic heterocycles. The van der Waals surface area contributed by atoms with Crippen molar-refractivity contribution in [2.45, 2.75) is 31.6 Å². The minimum atomic E-state index is -0.490. The largest absolute Gasteiger partial charge is 0.347 e. The van der Waals surface area contributed by atoms with Crippen molar-refractivity contribution in [3.63, 3.8) is 0 Å². The quantitative estimate of drug-likeness (QED) is 0.392. The topological polar surface area (TPSA) is 73.2 Å². The van der Waals surface area contributed by atoms with E-state index in [-0.39, 0.29) is 11.5 Å². The molecular weight excluding hydrogens is 442 g/mol. The molecule has 5 nitrogen and oxygen atoms in total. The summed E-state index contributed by atoms with van der Waals surface area (Å²) >= 11 is 1.28. The first-order valence-corrected chi connectivity index (χ1v) is 12.1. The first-order chi connectivity index (χ1) is 16.6. The van der Waals surface area contributed by atoms with E-state index in [0.29, 0.717) is 23.7 Å². The van der Waals surface area contributed by atoms with Crippen LogP contribution < -0.4 is 10.2 Å². The van der Waals surface area contributed by atoms with Gasteiger partial charge in [0.15, 0.2) is 0 Å². The van der Waals surface area contributed by atoms with Gasteiger partial charge in [0.1, 0.15) is 16.7 Å². The molecule has 1 N–H and O–H groups in total. The van der Waals surface area contributed by atoms with Crippen molar-refractivity contribution < 1.29 is 9.59 Å². The van der Waals surface area contributed by atoms with Crippen LogP contribution in [-0.2, 0) is 29.0 Å². The summed E-state index contributed by atoms with van der Waals surface area (Å²) in [6.45, 7) is 2.40. The second-order valence-corrected chi connectivity index (χ2v) is 9.14. The van der Waals surface area contributed by atoms with Gasteiger partial charge in [-0.1, -0.05) is 91.5 Å². The number of nitrogens with zero attached hydrogens (tertiary/aromatic N) is 2. The van der Waals surface area contributed by atoms with Crippen molar-refractivity contribution in [3.05, 3.63) is 112 Å². The van der Waals surface area contributed by atoms with E-state index in [1.165, 1.54) is 22.2 Å². The van der Waals surface area contributed by atoms with Gasteiger partial charge in [-0.2, -0.15) is 5.26 Å². The number of carbonyl (C=O) groups excluding carboxylic acids is 2. The summed E-state index contributed by atoms with van der Waals surface area (Å²) in [5.74, 6) is -0.620. The van der Waals surface area contributed by atoms with E-state index < -0.39 is 11.2 Å². The summed E-state index contributed by atoms with van der Waals surface area (Å²) in [5.41, 5.74) is 3.80. The third-order valence-electron chi connectivity index (χ3n) is 5.67. The van der Waals surface area contributed by atoms with Gasteiger partial charge in [0.2, 0.25) is 5.91 Å². The second-order valence-electron chi connectivity index (χ2n) is 7.95. The van der Waals surface area contributed by atoms with Crippen molar-refractivity contribution in [1.82, 2.24) is 5.32 Å². The highest BCUT2D eigenvalue weighted by molar-refractivity contribution is 8.05. The number of thioether (sulfide) groups is 1. The fraction of sp³-hybridized carbons (Fsp3) is 0.179. The third kappa shape index (κ3) is 5.22. The number of amides is 2. The molecule has 0 bridgehead atoms. The zero-order chi connectivity index (χ0) is 23.9. The number of nitrogens with one attached hydrogen (secondary N) is 1. The van der Waals surface area contributed by atoms with Crippen LogP contribution in [-0.4, -0.2) is 17.1 Å². The number of rotatable bonds is 7. The highest BCUT2D eigenvalue weighted by Crippen LogP contribution is 2.41. The molecular formula is C28H25N3O2S. The van der Waals surface area contributed by atoms with Crippen molar-refractivity contribution in [2.24, 2.45) is 0 Å². The molecule has 3 aromatic carbocycles. The van der Waals surface area contributed by atoms with E-state index in [9.17, 15) is 14.9 Å². The maximum atomic E-state index is 13.5. The van der Waals surface area contributed by atoms with E-state index in [1.54, 1.807) is 0 Å². The van der Waals surface area contributed by atoms with E-state index >= 15 is 0 Å². The lowest BCUT2D eigenvalue weighted by molar-refractivity contribution is -0.117. The van der Waals surface area contributed by atoms with Crippen LogP contribution in [0.4, 0.5) is 5.69 Å². The second kappa shape index (κ2) is 10.9. The molecule has 0 aromatic heterocycles. The molecule has 1 unspecified atom stereocenters. The zero-order valence-corrected chi connectivity index (χ0v) is 19.7. The molecule has 0 aliphatic carbocycles. The smallest absolute Gasteiger partial charge is 0.264 e. The molecule has 170 valence electrons. The third-order valence-corrected chi connectivity index (χ3v) is 6.93. The van der Waals surface area contributed by atoms with Crippen LogP contribution in [0, 0.1) is 11.3 Å². The van der Waals surface area contributed by atoms with Gasteiger partial charge < -0.3 is 5.32 Å². The number of carbonyl (C=O) groups is 2.